The summed E-state index contributed by atoms with van der Waals surface area (Å²) in [7, 11) is 3.69. The molecular formula is C25H28N6O2. The summed E-state index contributed by atoms with van der Waals surface area (Å²) in [5.74, 6) is 3.71. The molecule has 3 aromatic rings. The molecule has 0 aliphatic carbocycles. The lowest BCUT2D eigenvalue weighted by Crippen LogP contribution is -2.35. The van der Waals surface area contributed by atoms with Crippen LogP contribution in [0, 0.1) is 12.3 Å². The van der Waals surface area contributed by atoms with Gasteiger partial charge in [0.1, 0.15) is 17.9 Å². The first-order valence-electron chi connectivity index (χ1n) is 10.9. The highest BCUT2D eigenvalue weighted by molar-refractivity contribution is 6.00. The zero-order valence-electron chi connectivity index (χ0n) is 19.0. The van der Waals surface area contributed by atoms with Gasteiger partial charge in [0.2, 0.25) is 5.91 Å². The fraction of sp³-hybridized carbons (Fsp3) is 0.320. The number of carbonyl (C=O) groups excluding carboxylic acids is 1. The third-order valence-corrected chi connectivity index (χ3v) is 5.70. The molecule has 2 heterocycles. The minimum atomic E-state index is -0.0784. The number of nitrogens with zero attached hydrogens (tertiary/aromatic N) is 4. The van der Waals surface area contributed by atoms with Gasteiger partial charge in [0.05, 0.1) is 24.9 Å². The van der Waals surface area contributed by atoms with Gasteiger partial charge in [-0.15, -0.1) is 6.42 Å². The molecule has 0 atom stereocenters. The van der Waals surface area contributed by atoms with Gasteiger partial charge in [0.15, 0.2) is 0 Å². The summed E-state index contributed by atoms with van der Waals surface area (Å²) in [6.07, 6.45) is 8.06. The van der Waals surface area contributed by atoms with Crippen LogP contribution in [0.4, 0.5) is 17.2 Å². The number of aromatic nitrogens is 2. The van der Waals surface area contributed by atoms with Crippen LogP contribution in [0.15, 0.2) is 42.7 Å². The molecule has 1 aromatic heterocycles. The maximum atomic E-state index is 12.8. The van der Waals surface area contributed by atoms with Gasteiger partial charge in [0.25, 0.3) is 0 Å². The quantitative estimate of drug-likeness (QED) is 0.566. The monoisotopic (exact) mass is 444 g/mol. The molecule has 1 saturated heterocycles. The predicted octanol–water partition coefficient (Wildman–Crippen LogP) is 2.94. The second-order valence-corrected chi connectivity index (χ2v) is 8.12. The van der Waals surface area contributed by atoms with Crippen LogP contribution in [0.5, 0.6) is 5.75 Å². The average molecular weight is 445 g/mol. The summed E-state index contributed by atoms with van der Waals surface area (Å²) in [5, 5.41) is 7.08. The fourth-order valence-electron chi connectivity index (χ4n) is 3.92. The van der Waals surface area contributed by atoms with E-state index in [0.29, 0.717) is 29.3 Å². The summed E-state index contributed by atoms with van der Waals surface area (Å²) in [6.45, 7) is 4.13. The number of rotatable bonds is 6. The van der Waals surface area contributed by atoms with Crippen molar-refractivity contribution in [3.63, 3.8) is 0 Å². The molecule has 0 bridgehead atoms. The van der Waals surface area contributed by atoms with Crippen molar-refractivity contribution in [1.29, 1.82) is 0 Å². The Morgan fingerprint density at radius 1 is 1.18 bits per heavy atom. The largest absolute Gasteiger partial charge is 0.494 e. The number of carbonyl (C=O) groups is 1. The second kappa shape index (κ2) is 10.3. The molecule has 0 spiro atoms. The maximum Gasteiger partial charge on any atom is 0.238 e. The molecule has 0 radical (unpaired) electrons. The van der Waals surface area contributed by atoms with Crippen LogP contribution < -0.4 is 15.4 Å². The lowest BCUT2D eigenvalue weighted by atomic mass is 10.1. The number of nitrogens with one attached hydrogen (secondary N) is 2. The molecule has 1 fully saturated rings. The number of methoxy groups -OCH3 is 1. The third-order valence-electron chi connectivity index (χ3n) is 5.70. The summed E-state index contributed by atoms with van der Waals surface area (Å²) >= 11 is 0. The molecule has 1 amide bonds. The molecule has 4 rings (SSSR count). The van der Waals surface area contributed by atoms with E-state index in [9.17, 15) is 4.79 Å². The van der Waals surface area contributed by atoms with E-state index in [1.54, 1.807) is 13.2 Å². The number of amides is 1. The molecule has 33 heavy (non-hydrogen) atoms. The van der Waals surface area contributed by atoms with Crippen LogP contribution >= 0.6 is 0 Å². The molecule has 170 valence electrons. The number of hydrogen-bond acceptors (Lipinski definition) is 7. The maximum absolute atomic E-state index is 12.8. The number of benzene rings is 2. The van der Waals surface area contributed by atoms with Gasteiger partial charge < -0.3 is 20.3 Å². The average Bonchev–Trinajstić information content (AvgIpc) is 3.03. The van der Waals surface area contributed by atoms with E-state index in [4.69, 9.17) is 11.2 Å². The van der Waals surface area contributed by atoms with Crippen LogP contribution in [-0.4, -0.2) is 72.6 Å². The van der Waals surface area contributed by atoms with E-state index in [1.165, 1.54) is 6.33 Å². The van der Waals surface area contributed by atoms with Crippen molar-refractivity contribution in [2.75, 3.05) is 57.5 Å². The Morgan fingerprint density at radius 3 is 2.88 bits per heavy atom. The molecule has 8 heteroatoms. The second-order valence-electron chi connectivity index (χ2n) is 8.12. The van der Waals surface area contributed by atoms with E-state index in [0.717, 1.165) is 49.2 Å². The highest BCUT2D eigenvalue weighted by Gasteiger charge is 2.17. The van der Waals surface area contributed by atoms with Gasteiger partial charge in [-0.05, 0) is 50.8 Å². The first-order chi connectivity index (χ1) is 16.1. The van der Waals surface area contributed by atoms with Crippen LogP contribution in [-0.2, 0) is 4.79 Å². The standard InChI is InChI=1S/C25H28N6O2/c1-4-18-7-5-8-19(13-18)28-25-20-14-22(23(33-3)15-21(20)26-17-27-25)29-24(32)16-31-10-6-9-30(2)11-12-31/h1,5,7-8,13-15,17H,6,9-12,16H2,2-3H3,(H,29,32)(H,26,27,28). The van der Waals surface area contributed by atoms with Crippen LogP contribution in [0.3, 0.4) is 0 Å². The van der Waals surface area contributed by atoms with Crippen LogP contribution in [0.2, 0.25) is 0 Å². The topological polar surface area (TPSA) is 82.6 Å². The van der Waals surface area contributed by atoms with Crippen LogP contribution in [0.1, 0.15) is 12.0 Å². The summed E-state index contributed by atoms with van der Waals surface area (Å²) in [5.41, 5.74) is 2.87. The number of terminal acetylenes is 1. The highest BCUT2D eigenvalue weighted by atomic mass is 16.5. The van der Waals surface area contributed by atoms with E-state index >= 15 is 0 Å². The Labute approximate surface area is 194 Å². The Kier molecular flexibility index (Phi) is 7.03. The molecule has 8 nitrogen and oxygen atoms in total. The lowest BCUT2D eigenvalue weighted by Gasteiger charge is -2.20. The first-order valence-corrected chi connectivity index (χ1v) is 10.9. The predicted molar refractivity (Wildman–Crippen MR) is 131 cm³/mol. The zero-order valence-corrected chi connectivity index (χ0v) is 19.0. The van der Waals surface area contributed by atoms with E-state index in [1.807, 2.05) is 30.3 Å². The van der Waals surface area contributed by atoms with Gasteiger partial charge >= 0.3 is 0 Å². The Balaban J connectivity index is 1.58. The van der Waals surface area contributed by atoms with Crippen molar-refractivity contribution in [1.82, 2.24) is 19.8 Å². The Hall–Kier alpha value is -3.67. The SMILES string of the molecule is C#Cc1cccc(Nc2ncnc3cc(OC)c(NC(=O)CN4CCCN(C)CC4)cc23)c1. The number of anilines is 3. The number of hydrogen-bond donors (Lipinski definition) is 2. The fourth-order valence-corrected chi connectivity index (χ4v) is 3.92. The van der Waals surface area contributed by atoms with Crippen molar-refractivity contribution in [3.05, 3.63) is 48.3 Å². The van der Waals surface area contributed by atoms with Crippen molar-refractivity contribution >= 4 is 34.0 Å². The van der Waals surface area contributed by atoms with Crippen molar-refractivity contribution in [2.45, 2.75) is 6.42 Å². The molecule has 0 unspecified atom stereocenters. The summed E-state index contributed by atoms with van der Waals surface area (Å²) in [6, 6.07) is 11.2. The van der Waals surface area contributed by atoms with Crippen molar-refractivity contribution in [2.24, 2.45) is 0 Å². The zero-order chi connectivity index (χ0) is 23.2. The lowest BCUT2D eigenvalue weighted by molar-refractivity contribution is -0.117. The van der Waals surface area contributed by atoms with E-state index in [-0.39, 0.29) is 5.91 Å². The summed E-state index contributed by atoms with van der Waals surface area (Å²) in [4.78, 5) is 26.1. The van der Waals surface area contributed by atoms with Gasteiger partial charge in [-0.1, -0.05) is 12.0 Å². The summed E-state index contributed by atoms with van der Waals surface area (Å²) < 4.78 is 5.53. The van der Waals surface area contributed by atoms with Gasteiger partial charge in [-0.3, -0.25) is 9.69 Å². The van der Waals surface area contributed by atoms with Crippen molar-refractivity contribution < 1.29 is 9.53 Å². The minimum absolute atomic E-state index is 0.0784. The number of fused-ring (bicyclic) bond motifs is 1. The van der Waals surface area contributed by atoms with Crippen LogP contribution in [0.25, 0.3) is 10.9 Å². The normalized spacial score (nSPS) is 14.9. The molecular weight excluding hydrogens is 416 g/mol. The Bertz CT molecular complexity index is 1190. The number of ether oxygens (including phenoxy) is 1. The van der Waals surface area contributed by atoms with Gasteiger partial charge in [-0.2, -0.15) is 0 Å². The first kappa shape index (κ1) is 22.5. The molecule has 2 aromatic carbocycles. The third kappa shape index (κ3) is 5.58. The van der Waals surface area contributed by atoms with Gasteiger partial charge in [0, 0.05) is 35.8 Å². The molecule has 0 saturated carbocycles. The minimum Gasteiger partial charge on any atom is -0.494 e. The van der Waals surface area contributed by atoms with E-state index < -0.39 is 0 Å². The highest BCUT2D eigenvalue weighted by Crippen LogP contribution is 2.33. The van der Waals surface area contributed by atoms with Crippen molar-refractivity contribution in [3.8, 4) is 18.1 Å². The van der Waals surface area contributed by atoms with Gasteiger partial charge in [-0.25, -0.2) is 9.97 Å². The molecule has 1 aliphatic heterocycles. The Morgan fingerprint density at radius 2 is 2.06 bits per heavy atom. The smallest absolute Gasteiger partial charge is 0.238 e. The number of likely N-dealkylation sites (N-methyl/N-ethyl adjacent to an activating group) is 1. The molecule has 1 aliphatic rings. The van der Waals surface area contributed by atoms with E-state index in [2.05, 4.69) is 43.4 Å². The molecule has 2 N–H and O–H groups in total.